The Balaban J connectivity index is 2.40. The monoisotopic (exact) mass is 273 g/mol. The first-order valence-corrected chi connectivity index (χ1v) is 7.19. The third-order valence-corrected chi connectivity index (χ3v) is 3.88. The molecule has 0 fully saturated rings. The highest BCUT2D eigenvalue weighted by atomic mass is 16.4. The zero-order chi connectivity index (χ0) is 14.9. The van der Waals surface area contributed by atoms with E-state index in [2.05, 4.69) is 37.8 Å². The highest BCUT2D eigenvalue weighted by Gasteiger charge is 2.23. The van der Waals surface area contributed by atoms with Crippen LogP contribution in [0.4, 0.5) is 5.69 Å². The Morgan fingerprint density at radius 1 is 1.45 bits per heavy atom. The van der Waals surface area contributed by atoms with Crippen LogP contribution in [0, 0.1) is 5.92 Å². The predicted molar refractivity (Wildman–Crippen MR) is 83.1 cm³/mol. The van der Waals surface area contributed by atoms with Crippen molar-refractivity contribution >= 4 is 17.2 Å². The number of fused-ring (bicyclic) bond motifs is 1. The number of nitrogens with zero attached hydrogens (tertiary/aromatic N) is 1. The molecular formula is C17H23NO2. The van der Waals surface area contributed by atoms with Crippen LogP contribution in [-0.2, 0) is 11.2 Å². The molecule has 1 aromatic rings. The third kappa shape index (κ3) is 3.03. The van der Waals surface area contributed by atoms with Gasteiger partial charge in [0.25, 0.3) is 0 Å². The van der Waals surface area contributed by atoms with Crippen molar-refractivity contribution in [1.29, 1.82) is 0 Å². The Bertz CT molecular complexity index is 546. The maximum Gasteiger partial charge on any atom is 0.328 e. The predicted octanol–water partition coefficient (Wildman–Crippen LogP) is 3.58. The highest BCUT2D eigenvalue weighted by Crippen LogP contribution is 2.33. The molecule has 1 unspecified atom stereocenters. The van der Waals surface area contributed by atoms with Crippen molar-refractivity contribution in [3.05, 3.63) is 35.4 Å². The van der Waals surface area contributed by atoms with Gasteiger partial charge >= 0.3 is 5.97 Å². The van der Waals surface area contributed by atoms with Crippen molar-refractivity contribution in [2.75, 3.05) is 11.4 Å². The molecule has 20 heavy (non-hydrogen) atoms. The summed E-state index contributed by atoms with van der Waals surface area (Å²) < 4.78 is 0. The normalized spacial score (nSPS) is 19.1. The van der Waals surface area contributed by atoms with Gasteiger partial charge in [-0.25, -0.2) is 4.79 Å². The van der Waals surface area contributed by atoms with Gasteiger partial charge in [0.05, 0.1) is 0 Å². The third-order valence-electron chi connectivity index (χ3n) is 3.88. The standard InChI is InChI=1S/C17H23NO2/c1-11(2)18-10-12(3)7-15-9-14(5-6-16(15)18)13(4)8-17(19)20/h5-6,8-9,11-12H,7,10H2,1-4H3,(H,19,20). The maximum absolute atomic E-state index is 10.8. The summed E-state index contributed by atoms with van der Waals surface area (Å²) in [4.78, 5) is 13.2. The fourth-order valence-electron chi connectivity index (χ4n) is 2.91. The Morgan fingerprint density at radius 2 is 2.15 bits per heavy atom. The van der Waals surface area contributed by atoms with Gasteiger partial charge in [-0.1, -0.05) is 13.0 Å². The second-order valence-corrected chi connectivity index (χ2v) is 6.06. The van der Waals surface area contributed by atoms with E-state index in [1.807, 2.05) is 13.0 Å². The van der Waals surface area contributed by atoms with E-state index >= 15 is 0 Å². The first kappa shape index (κ1) is 14.6. The van der Waals surface area contributed by atoms with Gasteiger partial charge in [-0.15, -0.1) is 0 Å². The number of carboxylic acid groups (broad SMARTS) is 1. The molecule has 0 bridgehead atoms. The quantitative estimate of drug-likeness (QED) is 0.856. The Morgan fingerprint density at radius 3 is 2.75 bits per heavy atom. The Kier molecular flexibility index (Phi) is 4.17. The van der Waals surface area contributed by atoms with E-state index in [-0.39, 0.29) is 0 Å². The van der Waals surface area contributed by atoms with Crippen molar-refractivity contribution in [3.63, 3.8) is 0 Å². The summed E-state index contributed by atoms with van der Waals surface area (Å²) in [5.41, 5.74) is 4.43. The number of hydrogen-bond donors (Lipinski definition) is 1. The molecule has 0 radical (unpaired) electrons. The van der Waals surface area contributed by atoms with Gasteiger partial charge in [0.15, 0.2) is 0 Å². The summed E-state index contributed by atoms with van der Waals surface area (Å²) in [7, 11) is 0. The van der Waals surface area contributed by atoms with E-state index in [9.17, 15) is 4.79 Å². The van der Waals surface area contributed by atoms with E-state index in [0.717, 1.165) is 24.1 Å². The van der Waals surface area contributed by atoms with Crippen LogP contribution < -0.4 is 4.90 Å². The average Bonchev–Trinajstić information content (AvgIpc) is 2.35. The molecule has 1 aliphatic rings. The van der Waals surface area contributed by atoms with Crippen LogP contribution in [0.2, 0.25) is 0 Å². The van der Waals surface area contributed by atoms with Crippen LogP contribution in [0.25, 0.3) is 5.57 Å². The largest absolute Gasteiger partial charge is 0.478 e. The highest BCUT2D eigenvalue weighted by molar-refractivity contribution is 5.89. The summed E-state index contributed by atoms with van der Waals surface area (Å²) >= 11 is 0. The van der Waals surface area contributed by atoms with E-state index in [1.165, 1.54) is 17.3 Å². The number of anilines is 1. The smallest absolute Gasteiger partial charge is 0.328 e. The fraction of sp³-hybridized carbons (Fsp3) is 0.471. The SMILES string of the molecule is CC(=CC(=O)O)c1ccc2c(c1)CC(C)CN2C(C)C. The van der Waals surface area contributed by atoms with Gasteiger partial charge in [-0.05, 0) is 61.9 Å². The lowest BCUT2D eigenvalue weighted by Gasteiger charge is -2.38. The van der Waals surface area contributed by atoms with Crippen LogP contribution in [0.3, 0.4) is 0 Å². The van der Waals surface area contributed by atoms with Gasteiger partial charge < -0.3 is 10.0 Å². The van der Waals surface area contributed by atoms with Crippen molar-refractivity contribution in [2.45, 2.75) is 40.2 Å². The zero-order valence-corrected chi connectivity index (χ0v) is 12.7. The van der Waals surface area contributed by atoms with E-state index in [4.69, 9.17) is 5.11 Å². The minimum absolute atomic E-state index is 0.484. The number of carbonyl (C=O) groups is 1. The average molecular weight is 273 g/mol. The van der Waals surface area contributed by atoms with Crippen molar-refractivity contribution in [1.82, 2.24) is 0 Å². The van der Waals surface area contributed by atoms with Crippen molar-refractivity contribution in [2.24, 2.45) is 5.92 Å². The van der Waals surface area contributed by atoms with E-state index in [0.29, 0.717) is 12.0 Å². The number of allylic oxidation sites excluding steroid dienone is 1. The van der Waals surface area contributed by atoms with Gasteiger partial charge in [0, 0.05) is 24.4 Å². The molecule has 1 N–H and O–H groups in total. The second-order valence-electron chi connectivity index (χ2n) is 6.06. The first-order valence-electron chi connectivity index (χ1n) is 7.19. The summed E-state index contributed by atoms with van der Waals surface area (Å²) in [6.07, 6.45) is 2.33. The number of benzene rings is 1. The van der Waals surface area contributed by atoms with Crippen LogP contribution in [-0.4, -0.2) is 23.7 Å². The van der Waals surface area contributed by atoms with Crippen LogP contribution in [0.5, 0.6) is 0 Å². The Labute approximate surface area is 120 Å². The summed E-state index contributed by atoms with van der Waals surface area (Å²) in [6.45, 7) is 9.64. The topological polar surface area (TPSA) is 40.5 Å². The summed E-state index contributed by atoms with van der Waals surface area (Å²) in [5, 5.41) is 8.86. The number of carboxylic acids is 1. The molecular weight excluding hydrogens is 250 g/mol. The number of rotatable bonds is 3. The number of aliphatic carboxylic acids is 1. The molecule has 1 aliphatic heterocycles. The molecule has 0 saturated heterocycles. The summed E-state index contributed by atoms with van der Waals surface area (Å²) in [5.74, 6) is -0.263. The van der Waals surface area contributed by atoms with Gasteiger partial charge in [-0.2, -0.15) is 0 Å². The molecule has 108 valence electrons. The van der Waals surface area contributed by atoms with Gasteiger partial charge in [-0.3, -0.25) is 0 Å². The lowest BCUT2D eigenvalue weighted by Crippen LogP contribution is -2.39. The van der Waals surface area contributed by atoms with Gasteiger partial charge in [0.1, 0.15) is 0 Å². The van der Waals surface area contributed by atoms with E-state index in [1.54, 1.807) is 0 Å². The Hall–Kier alpha value is -1.77. The molecule has 0 amide bonds. The molecule has 1 atom stereocenters. The molecule has 2 rings (SSSR count). The second kappa shape index (κ2) is 5.70. The minimum atomic E-state index is -0.891. The molecule has 0 aromatic heterocycles. The van der Waals surface area contributed by atoms with Crippen LogP contribution >= 0.6 is 0 Å². The maximum atomic E-state index is 10.8. The molecule has 1 heterocycles. The molecule has 3 nitrogen and oxygen atoms in total. The minimum Gasteiger partial charge on any atom is -0.478 e. The fourth-order valence-corrected chi connectivity index (χ4v) is 2.91. The van der Waals surface area contributed by atoms with Crippen molar-refractivity contribution in [3.8, 4) is 0 Å². The summed E-state index contributed by atoms with van der Waals surface area (Å²) in [6, 6.07) is 6.79. The molecule has 0 spiro atoms. The van der Waals surface area contributed by atoms with Crippen LogP contribution in [0.1, 0.15) is 38.8 Å². The molecule has 0 aliphatic carbocycles. The molecule has 1 aromatic carbocycles. The number of hydrogen-bond acceptors (Lipinski definition) is 2. The first-order chi connectivity index (χ1) is 9.38. The zero-order valence-electron chi connectivity index (χ0n) is 12.7. The van der Waals surface area contributed by atoms with Gasteiger partial charge in [0.2, 0.25) is 0 Å². The van der Waals surface area contributed by atoms with E-state index < -0.39 is 5.97 Å². The molecule has 3 heteroatoms. The van der Waals surface area contributed by atoms with Crippen molar-refractivity contribution < 1.29 is 9.90 Å². The van der Waals surface area contributed by atoms with Crippen LogP contribution in [0.15, 0.2) is 24.3 Å². The molecule has 0 saturated carbocycles. The lowest BCUT2D eigenvalue weighted by atomic mass is 9.90. The lowest BCUT2D eigenvalue weighted by molar-refractivity contribution is -0.131.